The molecule has 0 atom stereocenters. The Labute approximate surface area is 124 Å². The lowest BCUT2D eigenvalue weighted by Crippen LogP contribution is -2.63. The van der Waals surface area contributed by atoms with Crippen LogP contribution in [0.4, 0.5) is 0 Å². The maximum atomic E-state index is 10.0. The molecule has 0 unspecified atom stereocenters. The topological polar surface area (TPSA) is 30.0 Å². The van der Waals surface area contributed by atoms with Crippen LogP contribution in [0.15, 0.2) is 0 Å². The molecule has 0 aliphatic carbocycles. The first-order valence-electron chi connectivity index (χ1n) is 8.32. The summed E-state index contributed by atoms with van der Waals surface area (Å²) >= 11 is 0. The summed E-state index contributed by atoms with van der Waals surface area (Å²) in [6, 6.07) is 1.27. The molecule has 0 amide bonds. The van der Waals surface area contributed by atoms with E-state index in [2.05, 4.69) is 42.4 Å². The summed E-state index contributed by atoms with van der Waals surface area (Å²) in [4.78, 5) is 7.66. The largest absolute Gasteiger partial charge is 0.394 e. The van der Waals surface area contributed by atoms with Gasteiger partial charge < -0.3 is 10.0 Å². The lowest BCUT2D eigenvalue weighted by Gasteiger charge is -2.51. The van der Waals surface area contributed by atoms with Gasteiger partial charge in [0, 0.05) is 56.9 Å². The van der Waals surface area contributed by atoms with Crippen molar-refractivity contribution in [2.45, 2.75) is 58.2 Å². The minimum atomic E-state index is 0.0501. The van der Waals surface area contributed by atoms with Gasteiger partial charge in [-0.15, -0.1) is 0 Å². The van der Waals surface area contributed by atoms with Crippen molar-refractivity contribution in [2.75, 3.05) is 45.9 Å². The molecule has 0 saturated carbocycles. The molecule has 0 radical (unpaired) electrons. The van der Waals surface area contributed by atoms with E-state index in [1.54, 1.807) is 0 Å². The number of piperazine rings is 1. The van der Waals surface area contributed by atoms with E-state index >= 15 is 0 Å². The number of likely N-dealkylation sites (tertiary alicyclic amines) is 1. The molecule has 0 aromatic rings. The molecule has 0 bridgehead atoms. The van der Waals surface area contributed by atoms with Crippen LogP contribution in [-0.4, -0.2) is 83.3 Å². The highest BCUT2D eigenvalue weighted by atomic mass is 16.3. The van der Waals surface area contributed by atoms with Crippen LogP contribution in [0, 0.1) is 0 Å². The lowest BCUT2D eigenvalue weighted by molar-refractivity contribution is -0.0497. The SMILES string of the molecule is CC(C)N1CCN(C2(CO)CCN(C(C)C)CC2)CC1. The van der Waals surface area contributed by atoms with Gasteiger partial charge >= 0.3 is 0 Å². The Hall–Kier alpha value is -0.160. The molecule has 2 saturated heterocycles. The van der Waals surface area contributed by atoms with Crippen LogP contribution in [-0.2, 0) is 0 Å². The van der Waals surface area contributed by atoms with Crippen LogP contribution in [0.25, 0.3) is 0 Å². The molecule has 20 heavy (non-hydrogen) atoms. The summed E-state index contributed by atoms with van der Waals surface area (Å²) < 4.78 is 0. The van der Waals surface area contributed by atoms with Crippen LogP contribution < -0.4 is 0 Å². The predicted molar refractivity (Wildman–Crippen MR) is 84.0 cm³/mol. The Balaban J connectivity index is 1.93. The zero-order valence-corrected chi connectivity index (χ0v) is 13.8. The summed E-state index contributed by atoms with van der Waals surface area (Å²) in [6.07, 6.45) is 2.23. The molecule has 2 rings (SSSR count). The van der Waals surface area contributed by atoms with E-state index in [-0.39, 0.29) is 5.54 Å². The van der Waals surface area contributed by atoms with Crippen LogP contribution >= 0.6 is 0 Å². The Morgan fingerprint density at radius 1 is 0.800 bits per heavy atom. The Bertz CT molecular complexity index is 290. The van der Waals surface area contributed by atoms with Crippen LogP contribution in [0.5, 0.6) is 0 Å². The van der Waals surface area contributed by atoms with Crippen LogP contribution in [0.1, 0.15) is 40.5 Å². The predicted octanol–water partition coefficient (Wildman–Crippen LogP) is 1.25. The van der Waals surface area contributed by atoms with E-state index in [1.807, 2.05) is 0 Å². The maximum Gasteiger partial charge on any atom is 0.0616 e. The number of hydrogen-bond donors (Lipinski definition) is 1. The minimum Gasteiger partial charge on any atom is -0.394 e. The number of piperidine rings is 1. The highest BCUT2D eigenvalue weighted by Gasteiger charge is 2.40. The molecule has 1 N–H and O–H groups in total. The van der Waals surface area contributed by atoms with E-state index in [0.29, 0.717) is 18.7 Å². The summed E-state index contributed by atoms with van der Waals surface area (Å²) in [5.41, 5.74) is 0.0501. The standard InChI is InChI=1S/C16H33N3O/c1-14(2)17-7-5-16(13-20,6-8-17)19-11-9-18(10-12-19)15(3)4/h14-15,20H,5-13H2,1-4H3. The van der Waals surface area contributed by atoms with Crippen molar-refractivity contribution in [3.05, 3.63) is 0 Å². The third-order valence-corrected chi connectivity index (χ3v) is 5.47. The van der Waals surface area contributed by atoms with E-state index in [1.165, 1.54) is 0 Å². The van der Waals surface area contributed by atoms with Gasteiger partial charge in [-0.25, -0.2) is 0 Å². The minimum absolute atomic E-state index is 0.0501. The normalized spacial score (nSPS) is 26.6. The second-order valence-electron chi connectivity index (χ2n) is 7.13. The third kappa shape index (κ3) is 3.35. The fourth-order valence-corrected chi connectivity index (χ4v) is 3.74. The molecular formula is C16H33N3O. The first-order valence-corrected chi connectivity index (χ1v) is 8.32. The molecule has 0 aromatic heterocycles. The molecule has 4 nitrogen and oxygen atoms in total. The van der Waals surface area contributed by atoms with E-state index in [9.17, 15) is 5.11 Å². The molecule has 0 aromatic carbocycles. The molecule has 118 valence electrons. The van der Waals surface area contributed by atoms with Gasteiger partial charge in [-0.2, -0.15) is 0 Å². The highest BCUT2D eigenvalue weighted by Crippen LogP contribution is 2.30. The second-order valence-corrected chi connectivity index (χ2v) is 7.13. The van der Waals surface area contributed by atoms with Gasteiger partial charge in [0.25, 0.3) is 0 Å². The van der Waals surface area contributed by atoms with Gasteiger partial charge in [-0.3, -0.25) is 9.80 Å². The average molecular weight is 283 g/mol. The summed E-state index contributed by atoms with van der Waals surface area (Å²) in [6.45, 7) is 16.2. The van der Waals surface area contributed by atoms with E-state index in [4.69, 9.17) is 0 Å². The molecule has 2 aliphatic heterocycles. The molecule has 0 spiro atoms. The molecule has 4 heteroatoms. The van der Waals surface area contributed by atoms with Crippen molar-refractivity contribution < 1.29 is 5.11 Å². The van der Waals surface area contributed by atoms with Crippen molar-refractivity contribution in [1.82, 2.24) is 14.7 Å². The fraction of sp³-hybridized carbons (Fsp3) is 1.00. The van der Waals surface area contributed by atoms with Crippen LogP contribution in [0.3, 0.4) is 0 Å². The lowest BCUT2D eigenvalue weighted by atomic mass is 9.85. The second kappa shape index (κ2) is 6.73. The monoisotopic (exact) mass is 283 g/mol. The average Bonchev–Trinajstić information content (AvgIpc) is 2.47. The van der Waals surface area contributed by atoms with Gasteiger partial charge in [0.1, 0.15) is 0 Å². The molecule has 2 aliphatic rings. The summed E-state index contributed by atoms with van der Waals surface area (Å²) in [7, 11) is 0. The maximum absolute atomic E-state index is 10.0. The summed E-state index contributed by atoms with van der Waals surface area (Å²) in [5, 5.41) is 10.0. The Kier molecular flexibility index (Phi) is 5.46. The first kappa shape index (κ1) is 16.2. The summed E-state index contributed by atoms with van der Waals surface area (Å²) in [5.74, 6) is 0. The number of aliphatic hydroxyl groups excluding tert-OH is 1. The van der Waals surface area contributed by atoms with Crippen molar-refractivity contribution in [3.8, 4) is 0 Å². The number of aliphatic hydroxyl groups is 1. The zero-order chi connectivity index (χ0) is 14.8. The van der Waals surface area contributed by atoms with Crippen molar-refractivity contribution in [2.24, 2.45) is 0 Å². The first-order chi connectivity index (χ1) is 9.48. The Morgan fingerprint density at radius 3 is 1.65 bits per heavy atom. The van der Waals surface area contributed by atoms with Gasteiger partial charge in [0.2, 0.25) is 0 Å². The van der Waals surface area contributed by atoms with E-state index < -0.39 is 0 Å². The van der Waals surface area contributed by atoms with Crippen molar-refractivity contribution in [1.29, 1.82) is 0 Å². The molecular weight excluding hydrogens is 250 g/mol. The van der Waals surface area contributed by atoms with Crippen LogP contribution in [0.2, 0.25) is 0 Å². The van der Waals surface area contributed by atoms with Gasteiger partial charge in [0.05, 0.1) is 6.61 Å². The van der Waals surface area contributed by atoms with Crippen molar-refractivity contribution in [3.63, 3.8) is 0 Å². The third-order valence-electron chi connectivity index (χ3n) is 5.47. The molecule has 2 fully saturated rings. The fourth-order valence-electron chi connectivity index (χ4n) is 3.74. The van der Waals surface area contributed by atoms with Crippen molar-refractivity contribution >= 4 is 0 Å². The van der Waals surface area contributed by atoms with Gasteiger partial charge in [0.15, 0.2) is 0 Å². The van der Waals surface area contributed by atoms with E-state index in [0.717, 1.165) is 52.1 Å². The Morgan fingerprint density at radius 2 is 1.25 bits per heavy atom. The van der Waals surface area contributed by atoms with Gasteiger partial charge in [-0.1, -0.05) is 0 Å². The smallest absolute Gasteiger partial charge is 0.0616 e. The number of rotatable bonds is 4. The number of hydrogen-bond acceptors (Lipinski definition) is 4. The zero-order valence-electron chi connectivity index (χ0n) is 13.8. The number of nitrogens with zero attached hydrogens (tertiary/aromatic N) is 3. The quantitative estimate of drug-likeness (QED) is 0.841. The van der Waals surface area contributed by atoms with Gasteiger partial charge in [-0.05, 0) is 40.5 Å². The highest BCUT2D eigenvalue weighted by molar-refractivity contribution is 4.97. The molecule has 2 heterocycles.